The van der Waals surface area contributed by atoms with E-state index in [1.165, 1.54) is 0 Å². The molecule has 2 saturated carbocycles. The van der Waals surface area contributed by atoms with Crippen molar-refractivity contribution in [2.24, 2.45) is 23.2 Å². The molecule has 3 aliphatic carbocycles. The number of ketones is 1. The summed E-state index contributed by atoms with van der Waals surface area (Å²) in [6.07, 6.45) is 3.99. The predicted octanol–water partition coefficient (Wildman–Crippen LogP) is 1.37. The molecule has 0 aromatic heterocycles. The maximum atomic E-state index is 12.0. The highest BCUT2D eigenvalue weighted by molar-refractivity contribution is 5.96. The SMILES string of the molecule is CC1(C)OC2C3CC(C2O1)C1(C(=O)O)CC(=O)C=CC31. The molecule has 0 spiro atoms. The molecule has 3 fully saturated rings. The molecule has 6 atom stereocenters. The molecule has 1 saturated heterocycles. The highest BCUT2D eigenvalue weighted by Gasteiger charge is 2.72. The minimum absolute atomic E-state index is 0.0367. The third-order valence-corrected chi connectivity index (χ3v) is 5.58. The van der Waals surface area contributed by atoms with Crippen molar-refractivity contribution < 1.29 is 24.2 Å². The van der Waals surface area contributed by atoms with Gasteiger partial charge in [0.05, 0.1) is 17.6 Å². The Hall–Kier alpha value is -1.20. The van der Waals surface area contributed by atoms with Gasteiger partial charge in [-0.15, -0.1) is 0 Å². The van der Waals surface area contributed by atoms with E-state index < -0.39 is 17.2 Å². The van der Waals surface area contributed by atoms with E-state index in [1.54, 1.807) is 12.2 Å². The van der Waals surface area contributed by atoms with E-state index in [9.17, 15) is 14.7 Å². The fourth-order valence-corrected chi connectivity index (χ4v) is 5.00. The number of rotatable bonds is 1. The monoisotopic (exact) mass is 278 g/mol. The lowest BCUT2D eigenvalue weighted by atomic mass is 9.60. The summed E-state index contributed by atoms with van der Waals surface area (Å²) in [6.45, 7) is 3.73. The molecule has 0 aromatic rings. The maximum Gasteiger partial charge on any atom is 0.311 e. The van der Waals surface area contributed by atoms with Gasteiger partial charge in [0.2, 0.25) is 0 Å². The first-order valence-corrected chi connectivity index (χ1v) is 7.15. The Morgan fingerprint density at radius 2 is 2.05 bits per heavy atom. The lowest BCUT2D eigenvalue weighted by Gasteiger charge is -2.44. The van der Waals surface area contributed by atoms with Crippen molar-refractivity contribution in [2.75, 3.05) is 0 Å². The summed E-state index contributed by atoms with van der Waals surface area (Å²) >= 11 is 0. The van der Waals surface area contributed by atoms with Crippen molar-refractivity contribution in [3.8, 4) is 0 Å². The van der Waals surface area contributed by atoms with Crippen molar-refractivity contribution in [1.82, 2.24) is 0 Å². The fraction of sp³-hybridized carbons (Fsp3) is 0.733. The molecule has 20 heavy (non-hydrogen) atoms. The molecule has 4 rings (SSSR count). The van der Waals surface area contributed by atoms with Crippen LogP contribution in [-0.2, 0) is 19.1 Å². The number of ether oxygens (including phenoxy) is 2. The Morgan fingerprint density at radius 1 is 1.35 bits per heavy atom. The average Bonchev–Trinajstić information content (AvgIpc) is 2.93. The molecule has 0 radical (unpaired) electrons. The number of carbonyl (C=O) groups is 2. The number of fused-ring (bicyclic) bond motifs is 8. The summed E-state index contributed by atoms with van der Waals surface area (Å²) in [5, 5.41) is 9.81. The molecule has 5 nitrogen and oxygen atoms in total. The smallest absolute Gasteiger partial charge is 0.311 e. The molecular weight excluding hydrogens is 260 g/mol. The summed E-state index contributed by atoms with van der Waals surface area (Å²) in [5.41, 5.74) is -0.985. The molecule has 1 aliphatic heterocycles. The molecule has 1 N–H and O–H groups in total. The van der Waals surface area contributed by atoms with Gasteiger partial charge in [0, 0.05) is 12.3 Å². The summed E-state index contributed by atoms with van der Waals surface area (Å²) in [4.78, 5) is 23.7. The second kappa shape index (κ2) is 3.52. The van der Waals surface area contributed by atoms with Crippen molar-refractivity contribution in [1.29, 1.82) is 0 Å². The quantitative estimate of drug-likeness (QED) is 0.784. The van der Waals surface area contributed by atoms with Crippen LogP contribution in [0.15, 0.2) is 12.2 Å². The average molecular weight is 278 g/mol. The summed E-state index contributed by atoms with van der Waals surface area (Å²) < 4.78 is 11.9. The van der Waals surface area contributed by atoms with Gasteiger partial charge < -0.3 is 14.6 Å². The predicted molar refractivity (Wildman–Crippen MR) is 67.7 cm³/mol. The first kappa shape index (κ1) is 12.5. The Bertz CT molecular complexity index is 536. The molecule has 0 aromatic carbocycles. The van der Waals surface area contributed by atoms with Gasteiger partial charge in [-0.1, -0.05) is 6.08 Å². The van der Waals surface area contributed by atoms with Gasteiger partial charge in [0.15, 0.2) is 11.6 Å². The molecule has 5 heteroatoms. The lowest BCUT2D eigenvalue weighted by molar-refractivity contribution is -0.168. The number of aliphatic carboxylic acids is 1. The highest BCUT2D eigenvalue weighted by atomic mass is 16.8. The Balaban J connectivity index is 1.80. The van der Waals surface area contributed by atoms with Crippen LogP contribution in [-0.4, -0.2) is 34.9 Å². The summed E-state index contributed by atoms with van der Waals surface area (Å²) in [5.74, 6) is -1.71. The summed E-state index contributed by atoms with van der Waals surface area (Å²) in [6, 6.07) is 0. The van der Waals surface area contributed by atoms with Crippen molar-refractivity contribution in [3.63, 3.8) is 0 Å². The van der Waals surface area contributed by atoms with Crippen molar-refractivity contribution >= 4 is 11.8 Å². The van der Waals surface area contributed by atoms with Gasteiger partial charge in [-0.2, -0.15) is 0 Å². The van der Waals surface area contributed by atoms with Crippen LogP contribution in [0.1, 0.15) is 26.7 Å². The zero-order valence-electron chi connectivity index (χ0n) is 11.5. The number of hydrogen-bond donors (Lipinski definition) is 1. The van der Waals surface area contributed by atoms with Crippen LogP contribution in [0.25, 0.3) is 0 Å². The zero-order valence-corrected chi connectivity index (χ0v) is 11.5. The Labute approximate surface area is 116 Å². The minimum atomic E-state index is -0.985. The first-order valence-electron chi connectivity index (χ1n) is 7.15. The van der Waals surface area contributed by atoms with Crippen LogP contribution in [0, 0.1) is 23.2 Å². The van der Waals surface area contributed by atoms with Gasteiger partial charge in [-0.3, -0.25) is 9.59 Å². The van der Waals surface area contributed by atoms with E-state index in [2.05, 4.69) is 0 Å². The van der Waals surface area contributed by atoms with Crippen LogP contribution < -0.4 is 0 Å². The number of carboxylic acids is 1. The van der Waals surface area contributed by atoms with Crippen LogP contribution in [0.5, 0.6) is 0 Å². The van der Waals surface area contributed by atoms with Crippen LogP contribution >= 0.6 is 0 Å². The van der Waals surface area contributed by atoms with Crippen LogP contribution in [0.3, 0.4) is 0 Å². The third-order valence-electron chi connectivity index (χ3n) is 5.58. The third kappa shape index (κ3) is 1.30. The second-order valence-electron chi connectivity index (χ2n) is 6.94. The number of carbonyl (C=O) groups excluding carboxylic acids is 1. The van der Waals surface area contributed by atoms with Crippen molar-refractivity contribution in [3.05, 3.63) is 12.2 Å². The number of carboxylic acid groups (broad SMARTS) is 1. The van der Waals surface area contributed by atoms with Gasteiger partial charge in [0.1, 0.15) is 0 Å². The molecule has 4 aliphatic rings. The van der Waals surface area contributed by atoms with E-state index in [1.807, 2.05) is 13.8 Å². The van der Waals surface area contributed by atoms with E-state index in [4.69, 9.17) is 9.47 Å². The van der Waals surface area contributed by atoms with Gasteiger partial charge >= 0.3 is 5.97 Å². The van der Waals surface area contributed by atoms with E-state index in [0.29, 0.717) is 0 Å². The number of hydrogen-bond acceptors (Lipinski definition) is 4. The molecular formula is C15H18O5. The van der Waals surface area contributed by atoms with E-state index in [-0.39, 0.29) is 42.2 Å². The topological polar surface area (TPSA) is 72.8 Å². The maximum absolute atomic E-state index is 12.0. The normalized spacial score (nSPS) is 51.1. The zero-order chi connectivity index (χ0) is 14.3. The minimum Gasteiger partial charge on any atom is -0.481 e. The van der Waals surface area contributed by atoms with Gasteiger partial charge in [-0.05, 0) is 38.2 Å². The van der Waals surface area contributed by atoms with E-state index in [0.717, 1.165) is 6.42 Å². The molecule has 1 heterocycles. The first-order chi connectivity index (χ1) is 9.35. The fourth-order valence-electron chi connectivity index (χ4n) is 5.00. The molecule has 108 valence electrons. The largest absolute Gasteiger partial charge is 0.481 e. The molecule has 2 bridgehead atoms. The van der Waals surface area contributed by atoms with Gasteiger partial charge in [-0.25, -0.2) is 0 Å². The van der Waals surface area contributed by atoms with Gasteiger partial charge in [0.25, 0.3) is 0 Å². The summed E-state index contributed by atoms with van der Waals surface area (Å²) in [7, 11) is 0. The standard InChI is InChI=1S/C15H18O5/c1-14(2)19-11-8-5-10(12(11)20-14)15(13(17)18)6-7(16)3-4-9(8)15/h3-4,8-12H,5-6H2,1-2H3,(H,17,18). The van der Waals surface area contributed by atoms with Crippen molar-refractivity contribution in [2.45, 2.75) is 44.7 Å². The van der Waals surface area contributed by atoms with Crippen LogP contribution in [0.4, 0.5) is 0 Å². The lowest BCUT2D eigenvalue weighted by Crippen LogP contribution is -2.53. The Kier molecular flexibility index (Phi) is 2.20. The highest BCUT2D eigenvalue weighted by Crippen LogP contribution is 2.66. The number of allylic oxidation sites excluding steroid dienone is 2. The van der Waals surface area contributed by atoms with Crippen LogP contribution in [0.2, 0.25) is 0 Å². The Morgan fingerprint density at radius 3 is 2.75 bits per heavy atom. The van der Waals surface area contributed by atoms with E-state index >= 15 is 0 Å². The second-order valence-corrected chi connectivity index (χ2v) is 6.94. The molecule has 6 unspecified atom stereocenters. The molecule has 0 amide bonds.